The zero-order chi connectivity index (χ0) is 13.1. The lowest BCUT2D eigenvalue weighted by Gasteiger charge is -2.35. The summed E-state index contributed by atoms with van der Waals surface area (Å²) >= 11 is 0. The van der Waals surface area contributed by atoms with Gasteiger partial charge in [-0.15, -0.1) is 0 Å². The molecular formula is C14H22N2O2. The van der Waals surface area contributed by atoms with Gasteiger partial charge >= 0.3 is 0 Å². The Morgan fingerprint density at radius 2 is 2.28 bits per heavy atom. The SMILES string of the molecule is COc1cccc(N2CCOC(C)C2)c1[C@H](C)N. The summed E-state index contributed by atoms with van der Waals surface area (Å²) in [5.74, 6) is 0.863. The molecule has 2 N–H and O–H groups in total. The predicted octanol–water partition coefficient (Wildman–Crippen LogP) is 1.94. The zero-order valence-corrected chi connectivity index (χ0v) is 11.3. The number of benzene rings is 1. The second-order valence-corrected chi connectivity index (χ2v) is 4.81. The Balaban J connectivity index is 2.36. The summed E-state index contributed by atoms with van der Waals surface area (Å²) in [5, 5.41) is 0. The molecule has 1 saturated heterocycles. The topological polar surface area (TPSA) is 47.7 Å². The Labute approximate surface area is 109 Å². The molecule has 0 aliphatic carbocycles. The molecule has 4 heteroatoms. The van der Waals surface area contributed by atoms with Gasteiger partial charge in [-0.25, -0.2) is 0 Å². The van der Waals surface area contributed by atoms with Gasteiger partial charge in [0, 0.05) is 30.4 Å². The van der Waals surface area contributed by atoms with Crippen LogP contribution in [0.4, 0.5) is 5.69 Å². The summed E-state index contributed by atoms with van der Waals surface area (Å²) in [6, 6.07) is 6.04. The molecule has 1 heterocycles. The van der Waals surface area contributed by atoms with E-state index >= 15 is 0 Å². The van der Waals surface area contributed by atoms with Crippen LogP contribution in [-0.4, -0.2) is 32.9 Å². The third-order valence-corrected chi connectivity index (χ3v) is 3.30. The molecular weight excluding hydrogens is 228 g/mol. The number of methoxy groups -OCH3 is 1. The maximum atomic E-state index is 6.09. The van der Waals surface area contributed by atoms with E-state index in [-0.39, 0.29) is 12.1 Å². The Kier molecular flexibility index (Phi) is 4.09. The molecule has 4 nitrogen and oxygen atoms in total. The van der Waals surface area contributed by atoms with E-state index in [0.29, 0.717) is 0 Å². The third-order valence-electron chi connectivity index (χ3n) is 3.30. The highest BCUT2D eigenvalue weighted by Gasteiger charge is 2.22. The summed E-state index contributed by atoms with van der Waals surface area (Å²) in [5.41, 5.74) is 8.34. The normalized spacial score (nSPS) is 21.8. The van der Waals surface area contributed by atoms with Crippen LogP contribution in [-0.2, 0) is 4.74 Å². The first-order valence-electron chi connectivity index (χ1n) is 6.42. The Hall–Kier alpha value is -1.26. The molecule has 100 valence electrons. The third kappa shape index (κ3) is 2.60. The van der Waals surface area contributed by atoms with Crippen molar-refractivity contribution in [2.75, 3.05) is 31.7 Å². The van der Waals surface area contributed by atoms with Crippen molar-refractivity contribution >= 4 is 5.69 Å². The molecule has 1 aromatic rings. The Morgan fingerprint density at radius 1 is 1.50 bits per heavy atom. The van der Waals surface area contributed by atoms with Gasteiger partial charge < -0.3 is 20.1 Å². The summed E-state index contributed by atoms with van der Waals surface area (Å²) in [4.78, 5) is 2.33. The molecule has 1 aliphatic rings. The number of hydrogen-bond donors (Lipinski definition) is 1. The standard InChI is InChI=1S/C14H22N2O2/c1-10-9-16(7-8-18-10)12-5-4-6-13(17-3)14(12)11(2)15/h4-6,10-11H,7-9,15H2,1-3H3/t10?,11-/m0/s1. The summed E-state index contributed by atoms with van der Waals surface area (Å²) in [6.45, 7) is 6.64. The van der Waals surface area contributed by atoms with Crippen molar-refractivity contribution in [3.05, 3.63) is 23.8 Å². The summed E-state index contributed by atoms with van der Waals surface area (Å²) in [6.07, 6.45) is 0.255. The lowest BCUT2D eigenvalue weighted by Crippen LogP contribution is -2.41. The van der Waals surface area contributed by atoms with Gasteiger partial charge in [0.25, 0.3) is 0 Å². The van der Waals surface area contributed by atoms with Gasteiger partial charge in [-0.2, -0.15) is 0 Å². The van der Waals surface area contributed by atoms with Crippen molar-refractivity contribution in [2.45, 2.75) is 26.0 Å². The molecule has 18 heavy (non-hydrogen) atoms. The largest absolute Gasteiger partial charge is 0.496 e. The van der Waals surface area contributed by atoms with Crippen LogP contribution in [0.3, 0.4) is 0 Å². The van der Waals surface area contributed by atoms with Crippen LogP contribution in [0.15, 0.2) is 18.2 Å². The van der Waals surface area contributed by atoms with Gasteiger partial charge in [0.1, 0.15) is 5.75 Å². The minimum absolute atomic E-state index is 0.0469. The van der Waals surface area contributed by atoms with Crippen LogP contribution in [0.5, 0.6) is 5.75 Å². The highest BCUT2D eigenvalue weighted by atomic mass is 16.5. The van der Waals surface area contributed by atoms with Crippen molar-refractivity contribution in [3.8, 4) is 5.75 Å². The monoisotopic (exact) mass is 250 g/mol. The van der Waals surface area contributed by atoms with E-state index in [1.165, 1.54) is 5.69 Å². The first-order valence-corrected chi connectivity index (χ1v) is 6.42. The molecule has 0 amide bonds. The lowest BCUT2D eigenvalue weighted by molar-refractivity contribution is 0.0531. The fourth-order valence-electron chi connectivity index (χ4n) is 2.48. The maximum Gasteiger partial charge on any atom is 0.125 e. The van der Waals surface area contributed by atoms with Crippen molar-refractivity contribution in [1.29, 1.82) is 0 Å². The van der Waals surface area contributed by atoms with Crippen molar-refractivity contribution in [3.63, 3.8) is 0 Å². The van der Waals surface area contributed by atoms with Gasteiger partial charge in [-0.1, -0.05) is 6.07 Å². The van der Waals surface area contributed by atoms with Crippen LogP contribution < -0.4 is 15.4 Å². The number of nitrogens with zero attached hydrogens (tertiary/aromatic N) is 1. The first kappa shape index (κ1) is 13.2. The number of ether oxygens (including phenoxy) is 2. The summed E-state index contributed by atoms with van der Waals surface area (Å²) in [7, 11) is 1.69. The highest BCUT2D eigenvalue weighted by molar-refractivity contribution is 5.61. The van der Waals surface area contributed by atoms with Crippen molar-refractivity contribution < 1.29 is 9.47 Å². The van der Waals surface area contributed by atoms with Crippen LogP contribution in [0.1, 0.15) is 25.5 Å². The average molecular weight is 250 g/mol. The van der Waals surface area contributed by atoms with Gasteiger partial charge in [0.2, 0.25) is 0 Å². The molecule has 0 spiro atoms. The van der Waals surface area contributed by atoms with Crippen molar-refractivity contribution in [1.82, 2.24) is 0 Å². The number of rotatable bonds is 3. The number of hydrogen-bond acceptors (Lipinski definition) is 4. The maximum absolute atomic E-state index is 6.09. The molecule has 2 rings (SSSR count). The molecule has 2 atom stereocenters. The van der Waals surface area contributed by atoms with E-state index in [2.05, 4.69) is 17.9 Å². The Bertz CT molecular complexity index is 407. The summed E-state index contributed by atoms with van der Waals surface area (Å²) < 4.78 is 11.0. The van der Waals surface area contributed by atoms with Crippen LogP contribution in [0.25, 0.3) is 0 Å². The fraction of sp³-hybridized carbons (Fsp3) is 0.571. The van der Waals surface area contributed by atoms with Gasteiger partial charge in [0.15, 0.2) is 0 Å². The minimum Gasteiger partial charge on any atom is -0.496 e. The zero-order valence-electron chi connectivity index (χ0n) is 11.3. The lowest BCUT2D eigenvalue weighted by atomic mass is 10.0. The molecule has 0 aromatic heterocycles. The molecule has 1 unspecified atom stereocenters. The molecule has 1 aromatic carbocycles. The second-order valence-electron chi connectivity index (χ2n) is 4.81. The van der Waals surface area contributed by atoms with Crippen LogP contribution >= 0.6 is 0 Å². The van der Waals surface area contributed by atoms with Crippen molar-refractivity contribution in [2.24, 2.45) is 5.73 Å². The van der Waals surface area contributed by atoms with E-state index in [1.807, 2.05) is 19.1 Å². The highest BCUT2D eigenvalue weighted by Crippen LogP contribution is 2.34. The van der Waals surface area contributed by atoms with E-state index in [1.54, 1.807) is 7.11 Å². The fourth-order valence-corrected chi connectivity index (χ4v) is 2.48. The number of anilines is 1. The van der Waals surface area contributed by atoms with Gasteiger partial charge in [-0.05, 0) is 26.0 Å². The van der Waals surface area contributed by atoms with Gasteiger partial charge in [0.05, 0.1) is 19.8 Å². The average Bonchev–Trinajstić information content (AvgIpc) is 2.37. The Morgan fingerprint density at radius 3 is 2.89 bits per heavy atom. The molecule has 0 saturated carbocycles. The molecule has 0 radical (unpaired) electrons. The molecule has 1 fully saturated rings. The van der Waals surface area contributed by atoms with Crippen LogP contribution in [0, 0.1) is 0 Å². The van der Waals surface area contributed by atoms with Crippen LogP contribution in [0.2, 0.25) is 0 Å². The van der Waals surface area contributed by atoms with E-state index < -0.39 is 0 Å². The quantitative estimate of drug-likeness (QED) is 0.890. The van der Waals surface area contributed by atoms with E-state index in [9.17, 15) is 0 Å². The van der Waals surface area contributed by atoms with E-state index in [0.717, 1.165) is 31.0 Å². The van der Waals surface area contributed by atoms with E-state index in [4.69, 9.17) is 15.2 Å². The number of morpholine rings is 1. The minimum atomic E-state index is -0.0469. The molecule has 0 bridgehead atoms. The van der Waals surface area contributed by atoms with Gasteiger partial charge in [-0.3, -0.25) is 0 Å². The molecule has 1 aliphatic heterocycles. The number of nitrogens with two attached hydrogens (primary N) is 1. The smallest absolute Gasteiger partial charge is 0.125 e. The first-order chi connectivity index (χ1) is 8.63. The predicted molar refractivity (Wildman–Crippen MR) is 73.2 cm³/mol. The second kappa shape index (κ2) is 5.59.